The number of anilines is 1. The van der Waals surface area contributed by atoms with E-state index in [1.165, 1.54) is 18.3 Å². The zero-order chi connectivity index (χ0) is 20.9. The predicted octanol–water partition coefficient (Wildman–Crippen LogP) is 1.72. The van der Waals surface area contributed by atoms with Crippen molar-refractivity contribution in [2.75, 3.05) is 37.6 Å². The van der Waals surface area contributed by atoms with E-state index < -0.39 is 21.5 Å². The van der Waals surface area contributed by atoms with Gasteiger partial charge < -0.3 is 10.1 Å². The number of pyridine rings is 1. The maximum atomic E-state index is 13.0. The molecule has 2 N–H and O–H groups in total. The fraction of sp³-hybridized carbons (Fsp3) is 0.400. The van der Waals surface area contributed by atoms with E-state index >= 15 is 0 Å². The molecule has 1 aliphatic rings. The minimum atomic E-state index is -3.95. The fourth-order valence-electron chi connectivity index (χ4n) is 3.25. The van der Waals surface area contributed by atoms with Crippen molar-refractivity contribution in [3.63, 3.8) is 0 Å². The standard InChI is InChI=1S/C20H26N4O4S/c1-20(2,15-24-10-12-28-13-11-24)22-19(25)17-7-3-4-8-18(17)29(26,27)23-16-6-5-9-21-14-16/h3-9,14,23H,10-13,15H2,1-2H3,(H,22,25). The summed E-state index contributed by atoms with van der Waals surface area (Å²) in [5.41, 5.74) is -0.114. The van der Waals surface area contributed by atoms with Gasteiger partial charge in [-0.2, -0.15) is 0 Å². The molecule has 2 heterocycles. The van der Waals surface area contributed by atoms with Crippen LogP contribution >= 0.6 is 0 Å². The molecule has 29 heavy (non-hydrogen) atoms. The summed E-state index contributed by atoms with van der Waals surface area (Å²) >= 11 is 0. The highest BCUT2D eigenvalue weighted by atomic mass is 32.2. The van der Waals surface area contributed by atoms with E-state index in [2.05, 4.69) is 19.9 Å². The molecular weight excluding hydrogens is 392 g/mol. The van der Waals surface area contributed by atoms with Crippen LogP contribution in [0.5, 0.6) is 0 Å². The number of benzene rings is 1. The Bertz CT molecular complexity index is 942. The number of carbonyl (C=O) groups is 1. The summed E-state index contributed by atoms with van der Waals surface area (Å²) in [6, 6.07) is 9.39. The Morgan fingerprint density at radius 1 is 1.17 bits per heavy atom. The van der Waals surface area contributed by atoms with Gasteiger partial charge in [0.1, 0.15) is 4.90 Å². The third kappa shape index (κ3) is 5.75. The number of nitrogens with one attached hydrogen (secondary N) is 2. The summed E-state index contributed by atoms with van der Waals surface area (Å²) in [6.45, 7) is 7.44. The molecule has 0 unspecified atom stereocenters. The van der Waals surface area contributed by atoms with Gasteiger partial charge in [0.05, 0.1) is 30.7 Å². The van der Waals surface area contributed by atoms with Crippen LogP contribution in [0.2, 0.25) is 0 Å². The Kier molecular flexibility index (Phi) is 6.51. The number of sulfonamides is 1. The Morgan fingerprint density at radius 3 is 2.59 bits per heavy atom. The first kappa shape index (κ1) is 21.2. The molecule has 1 fully saturated rings. The van der Waals surface area contributed by atoms with Gasteiger partial charge in [0, 0.05) is 31.4 Å². The van der Waals surface area contributed by atoms with Crippen LogP contribution in [0.4, 0.5) is 5.69 Å². The first-order valence-electron chi connectivity index (χ1n) is 9.41. The second kappa shape index (κ2) is 8.89. The Labute approximate surface area is 171 Å². The minimum absolute atomic E-state index is 0.0801. The molecule has 0 spiro atoms. The van der Waals surface area contributed by atoms with Crippen molar-refractivity contribution in [2.45, 2.75) is 24.3 Å². The highest BCUT2D eigenvalue weighted by molar-refractivity contribution is 7.92. The second-order valence-corrected chi connectivity index (χ2v) is 9.22. The van der Waals surface area contributed by atoms with Crippen LogP contribution in [-0.4, -0.2) is 62.6 Å². The molecular formula is C20H26N4O4S. The molecule has 1 saturated heterocycles. The van der Waals surface area contributed by atoms with Crippen LogP contribution in [-0.2, 0) is 14.8 Å². The van der Waals surface area contributed by atoms with Gasteiger partial charge in [0.25, 0.3) is 15.9 Å². The van der Waals surface area contributed by atoms with Crippen molar-refractivity contribution in [2.24, 2.45) is 0 Å². The molecule has 0 aliphatic carbocycles. The van der Waals surface area contributed by atoms with Crippen LogP contribution in [0.25, 0.3) is 0 Å². The second-order valence-electron chi connectivity index (χ2n) is 7.57. The quantitative estimate of drug-likeness (QED) is 0.710. The zero-order valence-electron chi connectivity index (χ0n) is 16.6. The van der Waals surface area contributed by atoms with Gasteiger partial charge in [0.15, 0.2) is 0 Å². The van der Waals surface area contributed by atoms with Crippen molar-refractivity contribution in [1.29, 1.82) is 0 Å². The lowest BCUT2D eigenvalue weighted by Crippen LogP contribution is -2.53. The van der Waals surface area contributed by atoms with E-state index in [1.54, 1.807) is 30.5 Å². The number of ether oxygens (including phenoxy) is 1. The summed E-state index contributed by atoms with van der Waals surface area (Å²) in [5.74, 6) is -0.435. The Balaban J connectivity index is 1.77. The van der Waals surface area contributed by atoms with E-state index in [4.69, 9.17) is 4.74 Å². The molecule has 9 heteroatoms. The number of amides is 1. The number of hydrogen-bond donors (Lipinski definition) is 2. The fourth-order valence-corrected chi connectivity index (χ4v) is 4.50. The van der Waals surface area contributed by atoms with Gasteiger partial charge in [-0.25, -0.2) is 8.42 Å². The van der Waals surface area contributed by atoms with Crippen molar-refractivity contribution >= 4 is 21.6 Å². The third-order valence-corrected chi connectivity index (χ3v) is 5.95. The summed E-state index contributed by atoms with van der Waals surface area (Å²) in [4.78, 5) is 19.0. The molecule has 8 nitrogen and oxygen atoms in total. The maximum Gasteiger partial charge on any atom is 0.262 e. The summed E-state index contributed by atoms with van der Waals surface area (Å²) in [7, 11) is -3.95. The predicted molar refractivity (Wildman–Crippen MR) is 110 cm³/mol. The average molecular weight is 419 g/mol. The van der Waals surface area contributed by atoms with Crippen LogP contribution in [0.15, 0.2) is 53.7 Å². The van der Waals surface area contributed by atoms with Crippen molar-refractivity contribution in [3.05, 3.63) is 54.4 Å². The van der Waals surface area contributed by atoms with Gasteiger partial charge in [-0.05, 0) is 38.1 Å². The van der Waals surface area contributed by atoms with Crippen LogP contribution in [0, 0.1) is 0 Å². The molecule has 0 atom stereocenters. The summed E-state index contributed by atoms with van der Waals surface area (Å²) in [6.07, 6.45) is 2.96. The molecule has 0 bridgehead atoms. The van der Waals surface area contributed by atoms with E-state index in [1.807, 2.05) is 13.8 Å². The lowest BCUT2D eigenvalue weighted by atomic mass is 10.0. The molecule has 1 amide bonds. The number of hydrogen-bond acceptors (Lipinski definition) is 6. The van der Waals surface area contributed by atoms with Gasteiger partial charge in [-0.1, -0.05) is 12.1 Å². The number of carbonyl (C=O) groups excluding carboxylic acids is 1. The number of rotatable bonds is 7. The monoisotopic (exact) mass is 418 g/mol. The molecule has 0 saturated carbocycles. The highest BCUT2D eigenvalue weighted by Crippen LogP contribution is 2.20. The average Bonchev–Trinajstić information content (AvgIpc) is 2.68. The molecule has 156 valence electrons. The lowest BCUT2D eigenvalue weighted by molar-refractivity contribution is 0.0269. The Hall–Kier alpha value is -2.49. The van der Waals surface area contributed by atoms with E-state index in [0.29, 0.717) is 25.4 Å². The molecule has 1 aliphatic heterocycles. The third-order valence-electron chi connectivity index (χ3n) is 4.51. The highest BCUT2D eigenvalue weighted by Gasteiger charge is 2.28. The molecule has 3 rings (SSSR count). The van der Waals surface area contributed by atoms with E-state index in [-0.39, 0.29) is 10.5 Å². The SMILES string of the molecule is CC(C)(CN1CCOCC1)NC(=O)c1ccccc1S(=O)(=O)Nc1cccnc1. The van der Waals surface area contributed by atoms with Crippen LogP contribution in [0.3, 0.4) is 0 Å². The molecule has 2 aromatic rings. The maximum absolute atomic E-state index is 13.0. The number of morpholine rings is 1. The van der Waals surface area contributed by atoms with Crippen molar-refractivity contribution < 1.29 is 17.9 Å². The number of aromatic nitrogens is 1. The van der Waals surface area contributed by atoms with E-state index in [9.17, 15) is 13.2 Å². The van der Waals surface area contributed by atoms with Gasteiger partial charge >= 0.3 is 0 Å². The number of nitrogens with zero attached hydrogens (tertiary/aromatic N) is 2. The Morgan fingerprint density at radius 2 is 1.90 bits per heavy atom. The zero-order valence-corrected chi connectivity index (χ0v) is 17.4. The lowest BCUT2D eigenvalue weighted by Gasteiger charge is -2.35. The van der Waals surface area contributed by atoms with Gasteiger partial charge in [-0.15, -0.1) is 0 Å². The van der Waals surface area contributed by atoms with Crippen LogP contribution in [0.1, 0.15) is 24.2 Å². The first-order valence-corrected chi connectivity index (χ1v) is 10.9. The smallest absolute Gasteiger partial charge is 0.262 e. The summed E-state index contributed by atoms with van der Waals surface area (Å²) < 4.78 is 33.6. The molecule has 1 aromatic carbocycles. The van der Waals surface area contributed by atoms with Gasteiger partial charge in [-0.3, -0.25) is 19.4 Å². The minimum Gasteiger partial charge on any atom is -0.379 e. The van der Waals surface area contributed by atoms with Crippen LogP contribution < -0.4 is 10.0 Å². The summed E-state index contributed by atoms with van der Waals surface area (Å²) in [5, 5.41) is 2.97. The first-order chi connectivity index (χ1) is 13.8. The van der Waals surface area contributed by atoms with Crippen molar-refractivity contribution in [1.82, 2.24) is 15.2 Å². The van der Waals surface area contributed by atoms with Gasteiger partial charge in [0.2, 0.25) is 0 Å². The van der Waals surface area contributed by atoms with E-state index in [0.717, 1.165) is 13.1 Å². The van der Waals surface area contributed by atoms with Crippen molar-refractivity contribution in [3.8, 4) is 0 Å². The normalized spacial score (nSPS) is 15.7. The topological polar surface area (TPSA) is 101 Å². The molecule has 1 aromatic heterocycles. The molecule has 0 radical (unpaired) electrons. The largest absolute Gasteiger partial charge is 0.379 e.